The van der Waals surface area contributed by atoms with Crippen LogP contribution in [0.5, 0.6) is 0 Å². The number of halogens is 1. The van der Waals surface area contributed by atoms with Gasteiger partial charge in [0.25, 0.3) is 10.0 Å². The lowest BCUT2D eigenvalue weighted by atomic mass is 10.2. The van der Waals surface area contributed by atoms with Crippen LogP contribution in [0.25, 0.3) is 0 Å². The molecule has 0 heterocycles. The fraction of sp³-hybridized carbons (Fsp3) is 0.143. The molecule has 0 amide bonds. The second-order valence-electron chi connectivity index (χ2n) is 4.15. The van der Waals surface area contributed by atoms with Crippen LogP contribution in [0.4, 0.5) is 5.69 Å². The van der Waals surface area contributed by atoms with Crippen LogP contribution in [0.2, 0.25) is 0 Å². The van der Waals surface area contributed by atoms with Gasteiger partial charge >= 0.3 is 0 Å². The maximum atomic E-state index is 12.3. The van der Waals surface area contributed by atoms with Crippen LogP contribution >= 0.6 is 15.9 Å². The minimum Gasteiger partial charge on any atom is -0.380 e. The third kappa shape index (κ3) is 3.59. The van der Waals surface area contributed by atoms with E-state index in [0.717, 1.165) is 10.0 Å². The van der Waals surface area contributed by atoms with Crippen LogP contribution in [-0.4, -0.2) is 15.5 Å². The SMILES string of the molecule is COCc1cc(Br)ccc1NS(=O)(=O)c1ccccc1. The highest BCUT2D eigenvalue weighted by Crippen LogP contribution is 2.24. The van der Waals surface area contributed by atoms with E-state index in [4.69, 9.17) is 4.74 Å². The maximum Gasteiger partial charge on any atom is 0.261 e. The summed E-state index contributed by atoms with van der Waals surface area (Å²) in [6.07, 6.45) is 0. The van der Waals surface area contributed by atoms with Gasteiger partial charge in [-0.05, 0) is 30.3 Å². The molecule has 0 spiro atoms. The fourth-order valence-electron chi connectivity index (χ4n) is 1.74. The van der Waals surface area contributed by atoms with Gasteiger partial charge in [-0.25, -0.2) is 8.42 Å². The summed E-state index contributed by atoms with van der Waals surface area (Å²) in [5.41, 5.74) is 1.28. The zero-order valence-electron chi connectivity index (χ0n) is 10.8. The molecule has 6 heteroatoms. The van der Waals surface area contributed by atoms with E-state index in [-0.39, 0.29) is 4.90 Å². The number of nitrogens with one attached hydrogen (secondary N) is 1. The third-order valence-electron chi connectivity index (χ3n) is 2.66. The van der Waals surface area contributed by atoms with Crippen LogP contribution in [0.3, 0.4) is 0 Å². The molecular formula is C14H14BrNO3S. The van der Waals surface area contributed by atoms with Crippen LogP contribution in [0, 0.1) is 0 Å². The van der Waals surface area contributed by atoms with Gasteiger partial charge in [0.1, 0.15) is 0 Å². The van der Waals surface area contributed by atoms with Gasteiger partial charge in [0, 0.05) is 17.1 Å². The predicted octanol–water partition coefficient (Wildman–Crippen LogP) is 3.40. The zero-order valence-corrected chi connectivity index (χ0v) is 13.2. The summed E-state index contributed by atoms with van der Waals surface area (Å²) in [5, 5.41) is 0. The van der Waals surface area contributed by atoms with E-state index in [1.54, 1.807) is 49.6 Å². The molecule has 0 atom stereocenters. The molecule has 0 bridgehead atoms. The summed E-state index contributed by atoms with van der Waals surface area (Å²) in [6.45, 7) is 0.325. The van der Waals surface area contributed by atoms with Gasteiger partial charge in [-0.1, -0.05) is 34.1 Å². The van der Waals surface area contributed by atoms with E-state index < -0.39 is 10.0 Å². The van der Waals surface area contributed by atoms with Gasteiger partial charge in [-0.15, -0.1) is 0 Å². The van der Waals surface area contributed by atoms with Crippen LogP contribution in [0.1, 0.15) is 5.56 Å². The summed E-state index contributed by atoms with van der Waals surface area (Å²) < 4.78 is 33.1. The summed E-state index contributed by atoms with van der Waals surface area (Å²) in [4.78, 5) is 0.228. The van der Waals surface area contributed by atoms with Crippen molar-refractivity contribution in [2.45, 2.75) is 11.5 Å². The Bertz CT molecular complexity index is 687. The molecule has 0 radical (unpaired) electrons. The van der Waals surface area contributed by atoms with E-state index in [9.17, 15) is 8.42 Å². The van der Waals surface area contributed by atoms with E-state index in [1.165, 1.54) is 0 Å². The average molecular weight is 356 g/mol. The minimum atomic E-state index is -3.59. The molecule has 0 aliphatic rings. The number of hydrogen-bond acceptors (Lipinski definition) is 3. The van der Waals surface area contributed by atoms with Crippen molar-refractivity contribution in [3.63, 3.8) is 0 Å². The molecule has 2 rings (SSSR count). The van der Waals surface area contributed by atoms with Crippen molar-refractivity contribution in [3.8, 4) is 0 Å². The average Bonchev–Trinajstić information content (AvgIpc) is 2.43. The van der Waals surface area contributed by atoms with Gasteiger partial charge in [0.05, 0.1) is 17.2 Å². The third-order valence-corrected chi connectivity index (χ3v) is 4.54. The molecular weight excluding hydrogens is 342 g/mol. The Morgan fingerprint density at radius 2 is 1.85 bits per heavy atom. The molecule has 20 heavy (non-hydrogen) atoms. The number of anilines is 1. The first-order chi connectivity index (χ1) is 9.53. The first-order valence-electron chi connectivity index (χ1n) is 5.88. The van der Waals surface area contributed by atoms with Gasteiger partial charge in [-0.2, -0.15) is 0 Å². The topological polar surface area (TPSA) is 55.4 Å². The van der Waals surface area contributed by atoms with E-state index in [0.29, 0.717) is 12.3 Å². The lowest BCUT2D eigenvalue weighted by Gasteiger charge is -2.12. The molecule has 106 valence electrons. The smallest absolute Gasteiger partial charge is 0.261 e. The maximum absolute atomic E-state index is 12.3. The van der Waals surface area contributed by atoms with Crippen molar-refractivity contribution in [3.05, 3.63) is 58.6 Å². The standard InChI is InChI=1S/C14H14BrNO3S/c1-19-10-11-9-12(15)7-8-14(11)16-20(17,18)13-5-3-2-4-6-13/h2-9,16H,10H2,1H3. The highest BCUT2D eigenvalue weighted by molar-refractivity contribution is 9.10. The van der Waals surface area contributed by atoms with E-state index in [2.05, 4.69) is 20.7 Å². The summed E-state index contributed by atoms with van der Waals surface area (Å²) in [5.74, 6) is 0. The van der Waals surface area contributed by atoms with Gasteiger partial charge < -0.3 is 4.74 Å². The van der Waals surface area contributed by atoms with E-state index in [1.807, 2.05) is 6.07 Å². The second kappa shape index (κ2) is 6.39. The number of hydrogen-bond donors (Lipinski definition) is 1. The summed E-state index contributed by atoms with van der Waals surface area (Å²) in [6, 6.07) is 13.6. The molecule has 0 saturated heterocycles. The molecule has 4 nitrogen and oxygen atoms in total. The predicted molar refractivity (Wildman–Crippen MR) is 82.1 cm³/mol. The first kappa shape index (κ1) is 15.0. The summed E-state index contributed by atoms with van der Waals surface area (Å²) >= 11 is 3.36. The molecule has 0 aromatic heterocycles. The number of benzene rings is 2. The van der Waals surface area contributed by atoms with Crippen LogP contribution in [0.15, 0.2) is 57.9 Å². The summed E-state index contributed by atoms with van der Waals surface area (Å²) in [7, 11) is -2.02. The van der Waals surface area contributed by atoms with Crippen molar-refractivity contribution < 1.29 is 13.2 Å². The molecule has 0 aliphatic heterocycles. The molecule has 0 fully saturated rings. The first-order valence-corrected chi connectivity index (χ1v) is 8.16. The highest BCUT2D eigenvalue weighted by Gasteiger charge is 2.15. The number of ether oxygens (including phenoxy) is 1. The van der Waals surface area contributed by atoms with Crippen molar-refractivity contribution in [2.24, 2.45) is 0 Å². The van der Waals surface area contributed by atoms with Crippen LogP contribution < -0.4 is 4.72 Å². The van der Waals surface area contributed by atoms with Crippen molar-refractivity contribution in [1.29, 1.82) is 0 Å². The van der Waals surface area contributed by atoms with Gasteiger partial charge in [0.15, 0.2) is 0 Å². The molecule has 2 aromatic rings. The molecule has 0 aliphatic carbocycles. The van der Waals surface area contributed by atoms with Crippen LogP contribution in [-0.2, 0) is 21.4 Å². The van der Waals surface area contributed by atoms with E-state index >= 15 is 0 Å². The molecule has 1 N–H and O–H groups in total. The quantitative estimate of drug-likeness (QED) is 0.894. The number of rotatable bonds is 5. The Morgan fingerprint density at radius 3 is 2.50 bits per heavy atom. The lowest BCUT2D eigenvalue weighted by molar-refractivity contribution is 0.185. The largest absolute Gasteiger partial charge is 0.380 e. The normalized spacial score (nSPS) is 11.3. The monoisotopic (exact) mass is 355 g/mol. The Labute approximate surface area is 127 Å². The lowest BCUT2D eigenvalue weighted by Crippen LogP contribution is -2.14. The van der Waals surface area contributed by atoms with Gasteiger partial charge in [-0.3, -0.25) is 4.72 Å². The fourth-order valence-corrected chi connectivity index (χ4v) is 3.27. The van der Waals surface area contributed by atoms with Crippen molar-refractivity contribution in [2.75, 3.05) is 11.8 Å². The molecule has 2 aromatic carbocycles. The van der Waals surface area contributed by atoms with Crippen molar-refractivity contribution in [1.82, 2.24) is 0 Å². The van der Waals surface area contributed by atoms with Crippen molar-refractivity contribution >= 4 is 31.6 Å². The Balaban J connectivity index is 2.35. The Morgan fingerprint density at radius 1 is 1.15 bits per heavy atom. The second-order valence-corrected chi connectivity index (χ2v) is 6.75. The van der Waals surface area contributed by atoms with Gasteiger partial charge in [0.2, 0.25) is 0 Å². The Hall–Kier alpha value is -1.37. The minimum absolute atomic E-state index is 0.228. The number of methoxy groups -OCH3 is 1. The zero-order chi connectivity index (χ0) is 14.6. The molecule has 0 saturated carbocycles. The Kier molecular flexibility index (Phi) is 4.80. The highest BCUT2D eigenvalue weighted by atomic mass is 79.9. The molecule has 0 unspecified atom stereocenters. The number of sulfonamides is 1.